The van der Waals surface area contributed by atoms with Gasteiger partial charge in [-0.05, 0) is 44.5 Å². The molecule has 7 nitrogen and oxygen atoms in total. The Hall–Kier alpha value is -4.00. The van der Waals surface area contributed by atoms with Crippen molar-refractivity contribution in [2.75, 3.05) is 5.32 Å². The number of aromatic nitrogens is 5. The molecule has 2 aromatic carbocycles. The average molecular weight is 410 g/mol. The van der Waals surface area contributed by atoms with E-state index in [2.05, 4.69) is 20.4 Å². The number of pyridine rings is 1. The number of carbonyl (C=O) groups is 1. The molecule has 0 radical (unpaired) electrons. The first-order valence-electron chi connectivity index (χ1n) is 10.2. The number of H-pyrrole nitrogens is 1. The van der Waals surface area contributed by atoms with Crippen molar-refractivity contribution in [1.82, 2.24) is 24.7 Å². The fourth-order valence-corrected chi connectivity index (χ4v) is 3.77. The Morgan fingerprint density at radius 2 is 1.84 bits per heavy atom. The largest absolute Gasteiger partial charge is 0.324 e. The molecular weight excluding hydrogens is 388 g/mol. The second kappa shape index (κ2) is 7.36. The molecule has 31 heavy (non-hydrogen) atoms. The number of amides is 1. The van der Waals surface area contributed by atoms with Gasteiger partial charge in [-0.15, -0.1) is 0 Å². The molecule has 0 fully saturated rings. The van der Waals surface area contributed by atoms with E-state index in [1.807, 2.05) is 80.1 Å². The predicted molar refractivity (Wildman–Crippen MR) is 122 cm³/mol. The van der Waals surface area contributed by atoms with Crippen molar-refractivity contribution < 1.29 is 4.79 Å². The number of nitrogens with one attached hydrogen (secondary N) is 2. The van der Waals surface area contributed by atoms with Crippen LogP contribution in [0.25, 0.3) is 33.3 Å². The Morgan fingerprint density at radius 1 is 1.06 bits per heavy atom. The maximum absolute atomic E-state index is 13.3. The molecular formula is C24H22N6O. The number of fused-ring (bicyclic) bond motifs is 2. The van der Waals surface area contributed by atoms with E-state index < -0.39 is 0 Å². The zero-order valence-corrected chi connectivity index (χ0v) is 17.5. The predicted octanol–water partition coefficient (Wildman–Crippen LogP) is 5.12. The van der Waals surface area contributed by atoms with Crippen LogP contribution in [-0.4, -0.2) is 30.6 Å². The number of nitrogens with zero attached hydrogens (tertiary/aromatic N) is 4. The highest BCUT2D eigenvalue weighted by Gasteiger charge is 2.20. The normalized spacial score (nSPS) is 11.5. The minimum Gasteiger partial charge on any atom is -0.324 e. The lowest BCUT2D eigenvalue weighted by Gasteiger charge is -2.11. The molecule has 0 atom stereocenters. The second-order valence-electron chi connectivity index (χ2n) is 7.85. The third-order valence-corrected chi connectivity index (χ3v) is 5.34. The van der Waals surface area contributed by atoms with Gasteiger partial charge in [-0.25, -0.2) is 14.6 Å². The summed E-state index contributed by atoms with van der Waals surface area (Å²) in [5.41, 5.74) is 5.67. The number of para-hydroxylation sites is 2. The monoisotopic (exact) mass is 410 g/mol. The van der Waals surface area contributed by atoms with Gasteiger partial charge < -0.3 is 4.98 Å². The Kier molecular flexibility index (Phi) is 4.51. The summed E-state index contributed by atoms with van der Waals surface area (Å²) in [4.78, 5) is 25.8. The van der Waals surface area contributed by atoms with E-state index >= 15 is 0 Å². The summed E-state index contributed by atoms with van der Waals surface area (Å²) in [5, 5.41) is 8.10. The minimum atomic E-state index is -0.260. The number of aromatic amines is 1. The molecule has 7 heteroatoms. The van der Waals surface area contributed by atoms with E-state index in [9.17, 15) is 4.79 Å². The number of imidazole rings is 1. The Morgan fingerprint density at radius 3 is 2.61 bits per heavy atom. The quantitative estimate of drug-likeness (QED) is 0.431. The van der Waals surface area contributed by atoms with Crippen molar-refractivity contribution >= 4 is 33.9 Å². The highest BCUT2D eigenvalue weighted by atomic mass is 16.1. The molecule has 0 bridgehead atoms. The third kappa shape index (κ3) is 3.34. The van der Waals surface area contributed by atoms with Gasteiger partial charge in [-0.2, -0.15) is 5.10 Å². The molecule has 0 aliphatic carbocycles. The summed E-state index contributed by atoms with van der Waals surface area (Å²) in [6.45, 7) is 6.13. The first-order chi connectivity index (χ1) is 15.0. The lowest BCUT2D eigenvalue weighted by Crippen LogP contribution is -2.14. The van der Waals surface area contributed by atoms with Crippen LogP contribution in [0, 0.1) is 6.92 Å². The van der Waals surface area contributed by atoms with Crippen LogP contribution in [-0.2, 0) is 0 Å². The third-order valence-electron chi connectivity index (χ3n) is 5.34. The molecule has 5 aromatic rings. The van der Waals surface area contributed by atoms with Crippen LogP contribution in [0.5, 0.6) is 0 Å². The number of aryl methyl sites for hydroxylation is 1. The molecule has 5 rings (SSSR count). The average Bonchev–Trinajstić information content (AvgIpc) is 3.36. The van der Waals surface area contributed by atoms with Crippen molar-refractivity contribution in [2.24, 2.45) is 0 Å². The van der Waals surface area contributed by atoms with Gasteiger partial charge in [0.2, 0.25) is 5.95 Å². The minimum absolute atomic E-state index is 0.114. The van der Waals surface area contributed by atoms with Crippen LogP contribution in [0.4, 0.5) is 5.95 Å². The fourth-order valence-electron chi connectivity index (χ4n) is 3.77. The molecule has 0 spiro atoms. The molecule has 3 aromatic heterocycles. The Balaban J connectivity index is 1.64. The van der Waals surface area contributed by atoms with Gasteiger partial charge in [0, 0.05) is 11.6 Å². The Labute approximate surface area is 179 Å². The van der Waals surface area contributed by atoms with E-state index in [0.717, 1.165) is 27.9 Å². The number of hydrogen-bond acceptors (Lipinski definition) is 4. The van der Waals surface area contributed by atoms with Gasteiger partial charge in [-0.3, -0.25) is 10.1 Å². The smallest absolute Gasteiger partial charge is 0.258 e. The first kappa shape index (κ1) is 19.0. The molecule has 1 amide bonds. The van der Waals surface area contributed by atoms with Gasteiger partial charge in [-0.1, -0.05) is 36.4 Å². The van der Waals surface area contributed by atoms with E-state index in [4.69, 9.17) is 4.98 Å². The van der Waals surface area contributed by atoms with Crippen molar-refractivity contribution in [3.8, 4) is 11.3 Å². The van der Waals surface area contributed by atoms with Gasteiger partial charge in [0.15, 0.2) is 5.65 Å². The number of benzene rings is 2. The number of carbonyl (C=O) groups excluding carboxylic acids is 1. The van der Waals surface area contributed by atoms with Crippen LogP contribution in [0.15, 0.2) is 60.8 Å². The van der Waals surface area contributed by atoms with Crippen molar-refractivity contribution in [3.63, 3.8) is 0 Å². The zero-order chi connectivity index (χ0) is 21.5. The molecule has 0 aliphatic rings. The van der Waals surface area contributed by atoms with Crippen LogP contribution in [0.3, 0.4) is 0 Å². The van der Waals surface area contributed by atoms with Gasteiger partial charge in [0.1, 0.15) is 0 Å². The summed E-state index contributed by atoms with van der Waals surface area (Å²) < 4.78 is 1.84. The summed E-state index contributed by atoms with van der Waals surface area (Å²) in [5.74, 6) is 0.148. The SMILES string of the molecule is Cc1ccccc1-c1cc(C(=O)Nc2nc3ccccc3[nH]2)c2cnn(C(C)C)c2n1. The maximum atomic E-state index is 13.3. The fraction of sp³-hybridized carbons (Fsp3) is 0.167. The molecule has 3 heterocycles. The molecule has 154 valence electrons. The molecule has 0 saturated heterocycles. The van der Waals surface area contributed by atoms with Crippen molar-refractivity contribution in [3.05, 3.63) is 71.9 Å². The van der Waals surface area contributed by atoms with Crippen LogP contribution >= 0.6 is 0 Å². The second-order valence-corrected chi connectivity index (χ2v) is 7.85. The summed E-state index contributed by atoms with van der Waals surface area (Å²) in [6.07, 6.45) is 1.71. The van der Waals surface area contributed by atoms with E-state index in [1.54, 1.807) is 6.20 Å². The maximum Gasteiger partial charge on any atom is 0.258 e. The summed E-state index contributed by atoms with van der Waals surface area (Å²) in [7, 11) is 0. The van der Waals surface area contributed by atoms with Gasteiger partial charge >= 0.3 is 0 Å². The standard InChI is InChI=1S/C24H22N6O/c1-14(2)30-22-18(13-25-30)17(12-21(26-22)16-9-5-4-8-15(16)3)23(31)29-24-27-19-10-6-7-11-20(19)28-24/h4-14H,1-3H3,(H2,27,28,29,31). The number of rotatable bonds is 4. The van der Waals surface area contributed by atoms with Gasteiger partial charge in [0.05, 0.1) is 33.9 Å². The first-order valence-corrected chi connectivity index (χ1v) is 10.2. The zero-order valence-electron chi connectivity index (χ0n) is 17.5. The topological polar surface area (TPSA) is 88.5 Å². The summed E-state index contributed by atoms with van der Waals surface area (Å²) in [6, 6.07) is 17.6. The van der Waals surface area contributed by atoms with E-state index in [-0.39, 0.29) is 11.9 Å². The lowest BCUT2D eigenvalue weighted by atomic mass is 10.0. The van der Waals surface area contributed by atoms with Gasteiger partial charge in [0.25, 0.3) is 5.91 Å². The highest BCUT2D eigenvalue weighted by molar-refractivity contribution is 6.12. The number of hydrogen-bond donors (Lipinski definition) is 2. The highest BCUT2D eigenvalue weighted by Crippen LogP contribution is 2.28. The van der Waals surface area contributed by atoms with E-state index in [1.165, 1.54) is 0 Å². The van der Waals surface area contributed by atoms with Crippen LogP contribution in [0.2, 0.25) is 0 Å². The van der Waals surface area contributed by atoms with Crippen molar-refractivity contribution in [1.29, 1.82) is 0 Å². The molecule has 0 aliphatic heterocycles. The molecule has 0 saturated carbocycles. The van der Waals surface area contributed by atoms with Crippen LogP contribution < -0.4 is 5.32 Å². The van der Waals surface area contributed by atoms with Crippen LogP contribution in [0.1, 0.15) is 35.8 Å². The van der Waals surface area contributed by atoms with E-state index in [0.29, 0.717) is 22.5 Å². The summed E-state index contributed by atoms with van der Waals surface area (Å²) >= 11 is 0. The van der Waals surface area contributed by atoms with Crippen molar-refractivity contribution in [2.45, 2.75) is 26.8 Å². The Bertz CT molecular complexity index is 1400. The number of anilines is 1. The molecule has 2 N–H and O–H groups in total. The lowest BCUT2D eigenvalue weighted by molar-refractivity contribution is 0.102. The molecule has 0 unspecified atom stereocenters.